The fraction of sp³-hybridized carbons (Fsp3) is 0.480. The average molecular weight is 376 g/mol. The van der Waals surface area contributed by atoms with Gasteiger partial charge in [-0.25, -0.2) is 0 Å². The number of ether oxygens (including phenoxy) is 1. The standard InChI is InChI=1S/C25H29NO2/c1-28-25(27)18-11-13-26(14-12-18)24-10-8-22-16-21(7-9-23(22)24)20-6-5-17-3-2-4-19(17)15-20/h5-7,9,15-16,18,24H,2-4,8,10-14H2,1H3. The highest BCUT2D eigenvalue weighted by Gasteiger charge is 2.33. The molecule has 1 aliphatic heterocycles. The molecule has 0 saturated carbocycles. The van der Waals surface area contributed by atoms with E-state index in [1.165, 1.54) is 55.0 Å². The summed E-state index contributed by atoms with van der Waals surface area (Å²) in [6.07, 6.45) is 7.99. The first-order chi connectivity index (χ1) is 13.7. The molecule has 28 heavy (non-hydrogen) atoms. The van der Waals surface area contributed by atoms with E-state index >= 15 is 0 Å². The van der Waals surface area contributed by atoms with Crippen molar-refractivity contribution in [1.82, 2.24) is 4.90 Å². The van der Waals surface area contributed by atoms with E-state index in [0.717, 1.165) is 32.4 Å². The number of hydrogen-bond donors (Lipinski definition) is 0. The molecule has 2 aliphatic carbocycles. The normalized spacial score (nSPS) is 22.1. The van der Waals surface area contributed by atoms with Crippen LogP contribution in [0, 0.1) is 5.92 Å². The number of hydrogen-bond acceptors (Lipinski definition) is 3. The predicted molar refractivity (Wildman–Crippen MR) is 111 cm³/mol. The van der Waals surface area contributed by atoms with Gasteiger partial charge >= 0.3 is 5.97 Å². The maximum Gasteiger partial charge on any atom is 0.308 e. The molecule has 146 valence electrons. The Morgan fingerprint density at radius 3 is 2.39 bits per heavy atom. The minimum atomic E-state index is -0.0366. The van der Waals surface area contributed by atoms with Crippen molar-refractivity contribution < 1.29 is 9.53 Å². The zero-order valence-electron chi connectivity index (χ0n) is 16.7. The van der Waals surface area contributed by atoms with Gasteiger partial charge in [-0.1, -0.05) is 36.4 Å². The summed E-state index contributed by atoms with van der Waals surface area (Å²) in [5, 5.41) is 0. The lowest BCUT2D eigenvalue weighted by Crippen LogP contribution is -2.38. The van der Waals surface area contributed by atoms with Crippen molar-refractivity contribution in [3.8, 4) is 11.1 Å². The number of carbonyl (C=O) groups is 1. The minimum absolute atomic E-state index is 0.0366. The van der Waals surface area contributed by atoms with Gasteiger partial charge in [0.25, 0.3) is 0 Å². The maximum absolute atomic E-state index is 11.8. The molecular formula is C25H29NO2. The molecule has 0 aromatic heterocycles. The van der Waals surface area contributed by atoms with Gasteiger partial charge in [0, 0.05) is 6.04 Å². The Bertz CT molecular complexity index is 895. The van der Waals surface area contributed by atoms with E-state index in [-0.39, 0.29) is 11.9 Å². The molecule has 3 heteroatoms. The van der Waals surface area contributed by atoms with Crippen molar-refractivity contribution in [3.05, 3.63) is 58.7 Å². The van der Waals surface area contributed by atoms with Gasteiger partial charge in [-0.3, -0.25) is 9.69 Å². The topological polar surface area (TPSA) is 29.5 Å². The van der Waals surface area contributed by atoms with Crippen LogP contribution in [0.1, 0.15) is 54.0 Å². The summed E-state index contributed by atoms with van der Waals surface area (Å²) in [6, 6.07) is 14.7. The van der Waals surface area contributed by atoms with Gasteiger partial charge < -0.3 is 4.74 Å². The Hall–Kier alpha value is -2.13. The second kappa shape index (κ2) is 7.36. The van der Waals surface area contributed by atoms with Crippen molar-refractivity contribution in [3.63, 3.8) is 0 Å². The second-order valence-electron chi connectivity index (χ2n) is 8.64. The number of benzene rings is 2. The third kappa shape index (κ3) is 3.16. The van der Waals surface area contributed by atoms with Gasteiger partial charge in [-0.05, 0) is 91.4 Å². The number of likely N-dealkylation sites (tertiary alicyclic amines) is 1. The Labute approximate surface area is 167 Å². The summed E-state index contributed by atoms with van der Waals surface area (Å²) in [5.41, 5.74) is 8.83. The summed E-state index contributed by atoms with van der Waals surface area (Å²) in [7, 11) is 1.50. The Balaban J connectivity index is 1.33. The average Bonchev–Trinajstić information content (AvgIpc) is 3.39. The van der Waals surface area contributed by atoms with E-state index in [1.54, 1.807) is 11.1 Å². The molecule has 2 aromatic carbocycles. The van der Waals surface area contributed by atoms with E-state index in [2.05, 4.69) is 41.3 Å². The van der Waals surface area contributed by atoms with Gasteiger partial charge in [0.2, 0.25) is 0 Å². The van der Waals surface area contributed by atoms with Crippen LogP contribution in [0.5, 0.6) is 0 Å². The van der Waals surface area contributed by atoms with E-state index < -0.39 is 0 Å². The number of fused-ring (bicyclic) bond motifs is 2. The van der Waals surface area contributed by atoms with Crippen LogP contribution >= 0.6 is 0 Å². The minimum Gasteiger partial charge on any atom is -0.469 e. The van der Waals surface area contributed by atoms with Gasteiger partial charge in [0.15, 0.2) is 0 Å². The number of piperidine rings is 1. The molecule has 5 rings (SSSR count). The van der Waals surface area contributed by atoms with Crippen molar-refractivity contribution in [2.45, 2.75) is 51.0 Å². The van der Waals surface area contributed by atoms with Crippen molar-refractivity contribution in [2.75, 3.05) is 20.2 Å². The van der Waals surface area contributed by atoms with Crippen molar-refractivity contribution in [1.29, 1.82) is 0 Å². The third-order valence-electron chi connectivity index (χ3n) is 7.13. The molecule has 0 spiro atoms. The molecule has 2 aromatic rings. The summed E-state index contributed by atoms with van der Waals surface area (Å²) >= 11 is 0. The zero-order chi connectivity index (χ0) is 19.1. The van der Waals surface area contributed by atoms with Crippen LogP contribution in [0.25, 0.3) is 11.1 Å². The fourth-order valence-corrected chi connectivity index (χ4v) is 5.52. The lowest BCUT2D eigenvalue weighted by Gasteiger charge is -2.35. The summed E-state index contributed by atoms with van der Waals surface area (Å²) < 4.78 is 4.93. The van der Waals surface area contributed by atoms with E-state index in [9.17, 15) is 4.79 Å². The molecule has 3 nitrogen and oxygen atoms in total. The molecule has 1 heterocycles. The monoisotopic (exact) mass is 375 g/mol. The Morgan fingerprint density at radius 1 is 0.893 bits per heavy atom. The molecule has 0 N–H and O–H groups in total. The van der Waals surface area contributed by atoms with Crippen LogP contribution in [-0.4, -0.2) is 31.1 Å². The molecule has 1 saturated heterocycles. The molecule has 0 radical (unpaired) electrons. The molecule has 1 atom stereocenters. The van der Waals surface area contributed by atoms with E-state index in [0.29, 0.717) is 6.04 Å². The highest BCUT2D eigenvalue weighted by atomic mass is 16.5. The van der Waals surface area contributed by atoms with E-state index in [1.807, 2.05) is 0 Å². The van der Waals surface area contributed by atoms with Crippen LogP contribution < -0.4 is 0 Å². The zero-order valence-corrected chi connectivity index (χ0v) is 16.7. The molecular weight excluding hydrogens is 346 g/mol. The summed E-state index contributed by atoms with van der Waals surface area (Å²) in [6.45, 7) is 1.99. The first-order valence-electron chi connectivity index (χ1n) is 10.8. The van der Waals surface area contributed by atoms with Crippen LogP contribution in [0.2, 0.25) is 0 Å². The predicted octanol–water partition coefficient (Wildman–Crippen LogP) is 4.71. The number of esters is 1. The molecule has 0 bridgehead atoms. The fourth-order valence-electron chi connectivity index (χ4n) is 5.52. The van der Waals surface area contributed by atoms with E-state index in [4.69, 9.17) is 4.74 Å². The van der Waals surface area contributed by atoms with Crippen molar-refractivity contribution >= 4 is 5.97 Å². The molecule has 3 aliphatic rings. The molecule has 1 unspecified atom stereocenters. The van der Waals surface area contributed by atoms with Gasteiger partial charge in [0.05, 0.1) is 13.0 Å². The number of rotatable bonds is 3. The second-order valence-corrected chi connectivity index (χ2v) is 8.64. The quantitative estimate of drug-likeness (QED) is 0.728. The van der Waals surface area contributed by atoms with Crippen molar-refractivity contribution in [2.24, 2.45) is 5.92 Å². The first-order valence-corrected chi connectivity index (χ1v) is 10.8. The van der Waals surface area contributed by atoms with Crippen LogP contribution in [-0.2, 0) is 28.8 Å². The number of methoxy groups -OCH3 is 1. The highest BCUT2D eigenvalue weighted by Crippen LogP contribution is 2.40. The largest absolute Gasteiger partial charge is 0.469 e. The Morgan fingerprint density at radius 2 is 1.61 bits per heavy atom. The SMILES string of the molecule is COC(=O)C1CCN(C2CCc3cc(-c4ccc5c(c4)CCC5)ccc32)CC1. The summed E-state index contributed by atoms with van der Waals surface area (Å²) in [4.78, 5) is 14.4. The number of nitrogens with zero attached hydrogens (tertiary/aromatic N) is 1. The van der Waals surface area contributed by atoms with Gasteiger partial charge in [-0.2, -0.15) is 0 Å². The van der Waals surface area contributed by atoms with Gasteiger partial charge in [0.1, 0.15) is 0 Å². The highest BCUT2D eigenvalue weighted by molar-refractivity contribution is 5.72. The molecule has 0 amide bonds. The van der Waals surface area contributed by atoms with Gasteiger partial charge in [-0.15, -0.1) is 0 Å². The van der Waals surface area contributed by atoms with Crippen LogP contribution in [0.3, 0.4) is 0 Å². The first kappa shape index (κ1) is 17.9. The summed E-state index contributed by atoms with van der Waals surface area (Å²) in [5.74, 6) is 0.0507. The number of carbonyl (C=O) groups excluding carboxylic acids is 1. The lowest BCUT2D eigenvalue weighted by atomic mass is 9.94. The lowest BCUT2D eigenvalue weighted by molar-refractivity contribution is -0.147. The smallest absolute Gasteiger partial charge is 0.308 e. The third-order valence-corrected chi connectivity index (χ3v) is 7.13. The van der Waals surface area contributed by atoms with Crippen LogP contribution in [0.15, 0.2) is 36.4 Å². The maximum atomic E-state index is 11.8. The van der Waals surface area contributed by atoms with Crippen LogP contribution in [0.4, 0.5) is 0 Å². The number of aryl methyl sites for hydroxylation is 3. The Kier molecular flexibility index (Phi) is 4.72. The molecule has 1 fully saturated rings.